The fourth-order valence-corrected chi connectivity index (χ4v) is 2.37. The summed E-state index contributed by atoms with van der Waals surface area (Å²) in [6.07, 6.45) is -4.82. The van der Waals surface area contributed by atoms with Crippen LogP contribution in [0.15, 0.2) is 42.5 Å². The lowest BCUT2D eigenvalue weighted by Crippen LogP contribution is -2.44. The fourth-order valence-electron chi connectivity index (χ4n) is 2.06. The van der Waals surface area contributed by atoms with E-state index in [1.807, 2.05) is 6.07 Å². The van der Waals surface area contributed by atoms with E-state index in [0.717, 1.165) is 24.3 Å². The number of nitriles is 1. The Hall–Kier alpha value is -2.63. The fraction of sp³-hybridized carbons (Fsp3) is 0.222. The smallest absolute Gasteiger partial charge is 0.469 e. The number of hydrogen-bond donors (Lipinski definition) is 1. The normalized spacial score (nSPS) is 13.2. The number of halogens is 5. The van der Waals surface area contributed by atoms with Gasteiger partial charge in [-0.1, -0.05) is 23.2 Å². The van der Waals surface area contributed by atoms with Gasteiger partial charge in [0, 0.05) is 16.7 Å². The number of carbonyl (C=O) groups excluding carboxylic acids is 1. The Morgan fingerprint density at radius 2 is 1.79 bits per heavy atom. The first kappa shape index (κ1) is 21.7. The van der Waals surface area contributed by atoms with Gasteiger partial charge in [-0.15, -0.1) is 13.2 Å². The predicted octanol–water partition coefficient (Wildman–Crippen LogP) is 4.98. The second-order valence-corrected chi connectivity index (χ2v) is 6.62. The number of hydrogen-bond acceptors (Lipinski definition) is 4. The lowest BCUT2D eigenvalue weighted by Gasteiger charge is -2.24. The zero-order valence-corrected chi connectivity index (χ0v) is 15.8. The van der Waals surface area contributed by atoms with Crippen LogP contribution in [-0.2, 0) is 0 Å². The van der Waals surface area contributed by atoms with Gasteiger partial charge in [-0.25, -0.2) is 0 Å². The molecule has 0 fully saturated rings. The number of nitrogens with one attached hydrogen (secondary N) is 1. The molecule has 1 unspecified atom stereocenters. The largest absolute Gasteiger partial charge is 0.573 e. The third-order valence-corrected chi connectivity index (χ3v) is 3.95. The highest BCUT2D eigenvalue weighted by molar-refractivity contribution is 6.34. The van der Waals surface area contributed by atoms with Crippen LogP contribution >= 0.6 is 23.2 Å². The van der Waals surface area contributed by atoms with Crippen LogP contribution in [0, 0.1) is 11.3 Å². The summed E-state index contributed by atoms with van der Waals surface area (Å²) in [5.41, 5.74) is -1.39. The summed E-state index contributed by atoms with van der Waals surface area (Å²) in [7, 11) is 0. The van der Waals surface area contributed by atoms with Crippen molar-refractivity contribution in [1.29, 1.82) is 5.26 Å². The third kappa shape index (κ3) is 6.22. The Morgan fingerprint density at radius 3 is 2.36 bits per heavy atom. The molecule has 0 radical (unpaired) electrons. The van der Waals surface area contributed by atoms with Crippen LogP contribution in [-0.4, -0.2) is 24.4 Å². The van der Waals surface area contributed by atoms with Crippen molar-refractivity contribution in [3.63, 3.8) is 0 Å². The van der Waals surface area contributed by atoms with E-state index in [1.54, 1.807) is 6.07 Å². The van der Waals surface area contributed by atoms with Gasteiger partial charge in [0.25, 0.3) is 5.91 Å². The van der Waals surface area contributed by atoms with Crippen molar-refractivity contribution >= 4 is 29.1 Å². The van der Waals surface area contributed by atoms with Gasteiger partial charge in [-0.2, -0.15) is 5.26 Å². The summed E-state index contributed by atoms with van der Waals surface area (Å²) < 4.78 is 45.8. The molecular formula is C18H13Cl2F3N2O3. The summed E-state index contributed by atoms with van der Waals surface area (Å²) in [6, 6.07) is 10.8. The highest BCUT2D eigenvalue weighted by atomic mass is 35.5. The van der Waals surface area contributed by atoms with Crippen molar-refractivity contribution < 1.29 is 27.4 Å². The number of rotatable bonds is 6. The molecule has 28 heavy (non-hydrogen) atoms. The number of alkyl halides is 3. The van der Waals surface area contributed by atoms with Crippen molar-refractivity contribution in [1.82, 2.24) is 5.32 Å². The minimum atomic E-state index is -4.82. The monoisotopic (exact) mass is 432 g/mol. The molecule has 5 nitrogen and oxygen atoms in total. The molecule has 2 aromatic rings. The molecule has 0 heterocycles. The van der Waals surface area contributed by atoms with Gasteiger partial charge >= 0.3 is 6.36 Å². The molecule has 10 heteroatoms. The van der Waals surface area contributed by atoms with Crippen LogP contribution in [0.4, 0.5) is 13.2 Å². The van der Waals surface area contributed by atoms with E-state index in [2.05, 4.69) is 10.1 Å². The number of benzene rings is 2. The number of ether oxygens (including phenoxy) is 2. The van der Waals surface area contributed by atoms with E-state index in [9.17, 15) is 23.2 Å². The molecule has 2 rings (SSSR count). The number of nitrogens with zero attached hydrogens (tertiary/aromatic N) is 1. The summed E-state index contributed by atoms with van der Waals surface area (Å²) in [4.78, 5) is 12.2. The molecule has 0 aliphatic heterocycles. The molecule has 0 saturated carbocycles. The first-order valence-corrected chi connectivity index (χ1v) is 8.46. The van der Waals surface area contributed by atoms with E-state index in [-0.39, 0.29) is 22.9 Å². The molecule has 148 valence electrons. The minimum absolute atomic E-state index is 0.0793. The first-order chi connectivity index (χ1) is 13.0. The maximum Gasteiger partial charge on any atom is 0.573 e. The molecule has 1 atom stereocenters. The van der Waals surface area contributed by atoms with Gasteiger partial charge < -0.3 is 14.8 Å². The number of amides is 1. The standard InChI is InChI=1S/C18H13Cl2F3N2O3/c1-17(9-24,28-15-8-12(19)4-7-14(15)20)10-25-16(26)11-2-5-13(6-3-11)27-18(21,22)23/h2-8H,10H2,1H3,(H,25,26). The van der Waals surface area contributed by atoms with Crippen LogP contribution in [0.25, 0.3) is 0 Å². The SMILES string of the molecule is CC(C#N)(CNC(=O)c1ccc(OC(F)(F)F)cc1)Oc1cc(Cl)ccc1Cl. The van der Waals surface area contributed by atoms with Crippen molar-refractivity contribution in [2.45, 2.75) is 18.9 Å². The molecule has 2 aromatic carbocycles. The lowest BCUT2D eigenvalue weighted by molar-refractivity contribution is -0.274. The van der Waals surface area contributed by atoms with E-state index < -0.39 is 23.6 Å². The Balaban J connectivity index is 2.03. The van der Waals surface area contributed by atoms with Crippen LogP contribution in [0.3, 0.4) is 0 Å². The van der Waals surface area contributed by atoms with E-state index >= 15 is 0 Å². The minimum Gasteiger partial charge on any atom is -0.469 e. The van der Waals surface area contributed by atoms with Crippen LogP contribution in [0.2, 0.25) is 10.0 Å². The van der Waals surface area contributed by atoms with Crippen molar-refractivity contribution in [3.05, 3.63) is 58.1 Å². The summed E-state index contributed by atoms with van der Waals surface area (Å²) in [6.45, 7) is 1.22. The van der Waals surface area contributed by atoms with Crippen molar-refractivity contribution in [3.8, 4) is 17.6 Å². The molecule has 0 aliphatic rings. The van der Waals surface area contributed by atoms with Crippen LogP contribution in [0.1, 0.15) is 17.3 Å². The summed E-state index contributed by atoms with van der Waals surface area (Å²) >= 11 is 11.9. The van der Waals surface area contributed by atoms with Crippen LogP contribution in [0.5, 0.6) is 11.5 Å². The molecule has 0 saturated heterocycles. The molecule has 0 aromatic heterocycles. The highest BCUT2D eigenvalue weighted by Gasteiger charge is 2.31. The van der Waals surface area contributed by atoms with Gasteiger partial charge in [-0.3, -0.25) is 4.79 Å². The van der Waals surface area contributed by atoms with Crippen molar-refractivity contribution in [2.24, 2.45) is 0 Å². The van der Waals surface area contributed by atoms with E-state index in [1.165, 1.54) is 19.1 Å². The molecule has 1 amide bonds. The predicted molar refractivity (Wildman–Crippen MR) is 96.6 cm³/mol. The second-order valence-electron chi connectivity index (χ2n) is 5.77. The molecular weight excluding hydrogens is 420 g/mol. The summed E-state index contributed by atoms with van der Waals surface area (Å²) in [5, 5.41) is 12.5. The maximum atomic E-state index is 12.2. The molecule has 1 N–H and O–H groups in total. The zero-order valence-electron chi connectivity index (χ0n) is 14.3. The number of carbonyl (C=O) groups is 1. The van der Waals surface area contributed by atoms with E-state index in [4.69, 9.17) is 27.9 Å². The highest BCUT2D eigenvalue weighted by Crippen LogP contribution is 2.30. The van der Waals surface area contributed by atoms with Gasteiger partial charge in [0.05, 0.1) is 11.6 Å². The van der Waals surface area contributed by atoms with Gasteiger partial charge in [-0.05, 0) is 43.3 Å². The van der Waals surface area contributed by atoms with Crippen LogP contribution < -0.4 is 14.8 Å². The van der Waals surface area contributed by atoms with Crippen molar-refractivity contribution in [2.75, 3.05) is 6.54 Å². The average molecular weight is 433 g/mol. The molecule has 0 bridgehead atoms. The topological polar surface area (TPSA) is 71.4 Å². The Bertz CT molecular complexity index is 898. The maximum absolute atomic E-state index is 12.2. The quantitative estimate of drug-likeness (QED) is 0.698. The van der Waals surface area contributed by atoms with Gasteiger partial charge in [0.15, 0.2) is 0 Å². The Labute approximate surface area is 168 Å². The van der Waals surface area contributed by atoms with Gasteiger partial charge in [0.1, 0.15) is 17.6 Å². The van der Waals surface area contributed by atoms with E-state index in [0.29, 0.717) is 5.02 Å². The second kappa shape index (κ2) is 8.59. The molecule has 0 spiro atoms. The Kier molecular flexibility index (Phi) is 6.65. The third-order valence-electron chi connectivity index (χ3n) is 3.40. The lowest BCUT2D eigenvalue weighted by atomic mass is 10.1. The average Bonchev–Trinajstić information content (AvgIpc) is 2.62. The molecule has 0 aliphatic carbocycles. The Morgan fingerprint density at radius 1 is 1.14 bits per heavy atom. The van der Waals surface area contributed by atoms with Gasteiger partial charge in [0.2, 0.25) is 5.60 Å². The zero-order chi connectivity index (χ0) is 20.9. The first-order valence-electron chi connectivity index (χ1n) is 7.71. The summed E-state index contributed by atoms with van der Waals surface area (Å²) in [5.74, 6) is -0.896.